The second kappa shape index (κ2) is 10.8. The van der Waals surface area contributed by atoms with Crippen LogP contribution in [-0.4, -0.2) is 11.3 Å². The van der Waals surface area contributed by atoms with Crippen molar-refractivity contribution in [1.29, 1.82) is 0 Å². The fourth-order valence-corrected chi connectivity index (χ4v) is 3.12. The molecular formula is C22H19Cl2N3OS. The number of thiocarbonyl (C=S) groups is 1. The van der Waals surface area contributed by atoms with E-state index in [1.165, 1.54) is 0 Å². The van der Waals surface area contributed by atoms with E-state index < -0.39 is 0 Å². The van der Waals surface area contributed by atoms with Crippen LogP contribution in [0.4, 0.5) is 0 Å². The molecule has 0 amide bonds. The fraction of sp³-hybridized carbons (Fsp3) is 0.0909. The van der Waals surface area contributed by atoms with Crippen molar-refractivity contribution in [3.63, 3.8) is 0 Å². The Balaban J connectivity index is 1.50. The van der Waals surface area contributed by atoms with Gasteiger partial charge in [0, 0.05) is 22.2 Å². The van der Waals surface area contributed by atoms with Crippen LogP contribution in [0.2, 0.25) is 10.0 Å². The van der Waals surface area contributed by atoms with Crippen molar-refractivity contribution in [2.45, 2.75) is 13.2 Å². The predicted octanol–water partition coefficient (Wildman–Crippen LogP) is 5.57. The highest BCUT2D eigenvalue weighted by Crippen LogP contribution is 2.26. The second-order valence-corrected chi connectivity index (χ2v) is 7.32. The molecule has 4 nitrogen and oxygen atoms in total. The molecule has 29 heavy (non-hydrogen) atoms. The Morgan fingerprint density at radius 2 is 1.69 bits per heavy atom. The Morgan fingerprint density at radius 3 is 2.45 bits per heavy atom. The summed E-state index contributed by atoms with van der Waals surface area (Å²) < 4.78 is 5.82. The maximum atomic E-state index is 6.18. The molecule has 0 aliphatic rings. The van der Waals surface area contributed by atoms with E-state index in [9.17, 15) is 0 Å². The van der Waals surface area contributed by atoms with Gasteiger partial charge in [0.25, 0.3) is 0 Å². The van der Waals surface area contributed by atoms with Crippen molar-refractivity contribution in [3.05, 3.63) is 99.5 Å². The van der Waals surface area contributed by atoms with E-state index in [2.05, 4.69) is 15.8 Å². The molecule has 3 aromatic carbocycles. The Hall–Kier alpha value is -2.60. The highest BCUT2D eigenvalue weighted by Gasteiger charge is 2.06. The van der Waals surface area contributed by atoms with Crippen molar-refractivity contribution >= 4 is 46.7 Å². The molecule has 2 N–H and O–H groups in total. The number of hydrogen-bond acceptors (Lipinski definition) is 3. The number of hydrazone groups is 1. The lowest BCUT2D eigenvalue weighted by atomic mass is 10.2. The van der Waals surface area contributed by atoms with Gasteiger partial charge in [-0.3, -0.25) is 5.43 Å². The van der Waals surface area contributed by atoms with Crippen LogP contribution >= 0.6 is 35.4 Å². The summed E-state index contributed by atoms with van der Waals surface area (Å²) in [6.45, 7) is 0.918. The lowest BCUT2D eigenvalue weighted by Gasteiger charge is -2.10. The number of hydrogen-bond donors (Lipinski definition) is 2. The summed E-state index contributed by atoms with van der Waals surface area (Å²) in [7, 11) is 0. The molecule has 0 unspecified atom stereocenters. The predicted molar refractivity (Wildman–Crippen MR) is 124 cm³/mol. The maximum absolute atomic E-state index is 6.18. The van der Waals surface area contributed by atoms with Crippen LogP contribution in [0.3, 0.4) is 0 Å². The molecule has 0 spiro atoms. The van der Waals surface area contributed by atoms with Crippen molar-refractivity contribution in [2.75, 3.05) is 0 Å². The molecule has 148 valence electrons. The van der Waals surface area contributed by atoms with Gasteiger partial charge >= 0.3 is 0 Å². The second-order valence-electron chi connectivity index (χ2n) is 6.10. The normalized spacial score (nSPS) is 10.7. The smallest absolute Gasteiger partial charge is 0.187 e. The van der Waals surface area contributed by atoms with E-state index in [0.717, 1.165) is 16.7 Å². The van der Waals surface area contributed by atoms with Gasteiger partial charge in [0.2, 0.25) is 0 Å². The topological polar surface area (TPSA) is 45.7 Å². The van der Waals surface area contributed by atoms with Gasteiger partial charge in [-0.15, -0.1) is 0 Å². The number of halogens is 2. The largest absolute Gasteiger partial charge is 0.489 e. The van der Waals surface area contributed by atoms with Crippen LogP contribution < -0.4 is 15.5 Å². The molecule has 3 aromatic rings. The minimum atomic E-state index is 0.283. The molecule has 0 aliphatic heterocycles. The van der Waals surface area contributed by atoms with Crippen molar-refractivity contribution in [1.82, 2.24) is 10.7 Å². The maximum Gasteiger partial charge on any atom is 0.187 e. The summed E-state index contributed by atoms with van der Waals surface area (Å²) in [6, 6.07) is 22.9. The van der Waals surface area contributed by atoms with Crippen LogP contribution in [0.1, 0.15) is 16.7 Å². The first kappa shape index (κ1) is 21.1. The summed E-state index contributed by atoms with van der Waals surface area (Å²) in [5.74, 6) is 0.690. The van der Waals surface area contributed by atoms with Crippen molar-refractivity contribution in [2.24, 2.45) is 5.10 Å². The SMILES string of the molecule is S=C(NCc1ccccc1)N/N=C/c1cccc(OCc2c(Cl)cccc2Cl)c1. The van der Waals surface area contributed by atoms with E-state index in [4.69, 9.17) is 40.2 Å². The summed E-state index contributed by atoms with van der Waals surface area (Å²) in [4.78, 5) is 0. The first-order valence-electron chi connectivity index (χ1n) is 8.88. The van der Waals surface area contributed by atoms with Gasteiger partial charge in [-0.05, 0) is 47.6 Å². The van der Waals surface area contributed by atoms with E-state index in [1.807, 2.05) is 54.6 Å². The summed E-state index contributed by atoms with van der Waals surface area (Å²) >= 11 is 17.6. The first-order chi connectivity index (χ1) is 14.1. The van der Waals surface area contributed by atoms with E-state index in [0.29, 0.717) is 27.5 Å². The Labute approximate surface area is 185 Å². The number of nitrogens with one attached hydrogen (secondary N) is 2. The van der Waals surface area contributed by atoms with E-state index in [-0.39, 0.29) is 6.61 Å². The van der Waals surface area contributed by atoms with Gasteiger partial charge in [-0.2, -0.15) is 5.10 Å². The first-order valence-corrected chi connectivity index (χ1v) is 10.0. The standard InChI is InChI=1S/C22H19Cl2N3OS/c23-20-10-5-11-21(24)19(20)15-28-18-9-4-8-17(12-18)14-26-27-22(29)25-13-16-6-2-1-3-7-16/h1-12,14H,13,15H2,(H2,25,27,29)/b26-14+. The third kappa shape index (κ3) is 6.75. The third-order valence-corrected chi connectivity index (χ3v) is 4.92. The van der Waals surface area contributed by atoms with E-state index >= 15 is 0 Å². The Bertz CT molecular complexity index is 976. The van der Waals surface area contributed by atoms with Gasteiger partial charge < -0.3 is 10.1 Å². The monoisotopic (exact) mass is 443 g/mol. The number of rotatable bonds is 7. The molecule has 0 heterocycles. The van der Waals surface area contributed by atoms with Gasteiger partial charge in [0.05, 0.1) is 6.21 Å². The number of benzene rings is 3. The fourth-order valence-electron chi connectivity index (χ4n) is 2.49. The number of nitrogens with zero attached hydrogens (tertiary/aromatic N) is 1. The minimum absolute atomic E-state index is 0.283. The van der Waals surface area contributed by atoms with Gasteiger partial charge in [-0.1, -0.05) is 71.7 Å². The molecule has 0 radical (unpaired) electrons. The highest BCUT2D eigenvalue weighted by molar-refractivity contribution is 7.80. The Morgan fingerprint density at radius 1 is 0.966 bits per heavy atom. The molecule has 0 atom stereocenters. The molecule has 0 aromatic heterocycles. The molecule has 3 rings (SSSR count). The molecule has 0 saturated carbocycles. The summed E-state index contributed by atoms with van der Waals surface area (Å²) in [5.41, 5.74) is 5.57. The molecule has 7 heteroatoms. The third-order valence-electron chi connectivity index (χ3n) is 3.98. The van der Waals surface area contributed by atoms with Gasteiger partial charge in [0.15, 0.2) is 5.11 Å². The average molecular weight is 444 g/mol. The zero-order chi connectivity index (χ0) is 20.5. The Kier molecular flexibility index (Phi) is 7.87. The summed E-state index contributed by atoms with van der Waals surface area (Å²) in [5, 5.41) is 8.88. The van der Waals surface area contributed by atoms with Gasteiger partial charge in [0.1, 0.15) is 12.4 Å². The summed E-state index contributed by atoms with van der Waals surface area (Å²) in [6.07, 6.45) is 1.67. The molecule has 0 fully saturated rings. The zero-order valence-corrected chi connectivity index (χ0v) is 17.8. The minimum Gasteiger partial charge on any atom is -0.489 e. The van der Waals surface area contributed by atoms with Crippen LogP contribution in [0.25, 0.3) is 0 Å². The van der Waals surface area contributed by atoms with Crippen LogP contribution in [0.15, 0.2) is 77.9 Å². The van der Waals surface area contributed by atoms with Gasteiger partial charge in [-0.25, -0.2) is 0 Å². The molecular weight excluding hydrogens is 425 g/mol. The molecule has 0 aliphatic carbocycles. The van der Waals surface area contributed by atoms with E-state index in [1.54, 1.807) is 24.4 Å². The van der Waals surface area contributed by atoms with Crippen molar-refractivity contribution < 1.29 is 4.74 Å². The number of ether oxygens (including phenoxy) is 1. The molecule has 0 bridgehead atoms. The van der Waals surface area contributed by atoms with Crippen LogP contribution in [-0.2, 0) is 13.2 Å². The van der Waals surface area contributed by atoms with Crippen LogP contribution in [0, 0.1) is 0 Å². The lowest BCUT2D eigenvalue weighted by Crippen LogP contribution is -2.31. The quantitative estimate of drug-likeness (QED) is 0.284. The van der Waals surface area contributed by atoms with Crippen LogP contribution in [0.5, 0.6) is 5.75 Å². The zero-order valence-electron chi connectivity index (χ0n) is 15.4. The highest BCUT2D eigenvalue weighted by atomic mass is 35.5. The van der Waals surface area contributed by atoms with Crippen molar-refractivity contribution in [3.8, 4) is 5.75 Å². The average Bonchev–Trinajstić information content (AvgIpc) is 2.73. The molecule has 0 saturated heterocycles. The lowest BCUT2D eigenvalue weighted by molar-refractivity contribution is 0.306.